The minimum absolute atomic E-state index is 0.0217. The molecular weight excluding hydrogens is 633 g/mol. The van der Waals surface area contributed by atoms with Crippen LogP contribution < -0.4 is 19.1 Å². The standard InChI is InChI=1S/C33H30N2O9S2/c1-3-41-33(38)30-25(15-21-11-12-27-28(16-21)44-19-43-27)20(2)45-31(30)34-29(36)18-42-32(37)23-8-6-9-24(17-23)46(39,40)35-14-13-22-7-4-5-10-26(22)35/h4-12,16-17H,3,13-15,18-19H2,1-2H3,(H,34,36). The van der Waals surface area contributed by atoms with Crippen LogP contribution in [0.3, 0.4) is 0 Å². The maximum Gasteiger partial charge on any atom is 0.341 e. The van der Waals surface area contributed by atoms with Crippen molar-refractivity contribution in [1.29, 1.82) is 0 Å². The van der Waals surface area contributed by atoms with Gasteiger partial charge in [-0.15, -0.1) is 11.3 Å². The topological polar surface area (TPSA) is 138 Å². The third-order valence-corrected chi connectivity index (χ3v) is 10.5. The quantitative estimate of drug-likeness (QED) is 0.230. The highest BCUT2D eigenvalue weighted by molar-refractivity contribution is 7.92. The maximum absolute atomic E-state index is 13.4. The highest BCUT2D eigenvalue weighted by Crippen LogP contribution is 2.38. The first kappa shape index (κ1) is 31.1. The third-order valence-electron chi connectivity index (χ3n) is 7.60. The summed E-state index contributed by atoms with van der Waals surface area (Å²) in [5.74, 6) is -0.876. The van der Waals surface area contributed by atoms with Gasteiger partial charge >= 0.3 is 11.9 Å². The van der Waals surface area contributed by atoms with E-state index in [1.807, 2.05) is 31.2 Å². The largest absolute Gasteiger partial charge is 0.462 e. The lowest BCUT2D eigenvalue weighted by Crippen LogP contribution is -2.29. The number of anilines is 2. The fourth-order valence-electron chi connectivity index (χ4n) is 5.40. The third kappa shape index (κ3) is 6.15. The fourth-order valence-corrected chi connectivity index (χ4v) is 8.03. The van der Waals surface area contributed by atoms with Gasteiger partial charge in [-0.05, 0) is 79.8 Å². The van der Waals surface area contributed by atoms with Crippen LogP contribution in [-0.2, 0) is 37.1 Å². The minimum Gasteiger partial charge on any atom is -0.462 e. The SMILES string of the molecule is CCOC(=O)c1c(NC(=O)COC(=O)c2cccc(S(=O)(=O)N3CCc4ccccc43)c2)sc(C)c1Cc1ccc2c(c1)OCO2. The number of thiophene rings is 1. The first-order valence-electron chi connectivity index (χ1n) is 14.5. The molecule has 4 aromatic rings. The van der Waals surface area contributed by atoms with Crippen LogP contribution in [0.15, 0.2) is 71.6 Å². The molecule has 11 nitrogen and oxygen atoms in total. The lowest BCUT2D eigenvalue weighted by Gasteiger charge is -2.19. The molecule has 0 spiro atoms. The first-order chi connectivity index (χ1) is 22.2. The average molecular weight is 663 g/mol. The van der Waals surface area contributed by atoms with Gasteiger partial charge in [-0.1, -0.05) is 30.3 Å². The second kappa shape index (κ2) is 12.9. The van der Waals surface area contributed by atoms with Gasteiger partial charge in [-0.25, -0.2) is 18.0 Å². The molecule has 0 saturated carbocycles. The number of fused-ring (bicyclic) bond motifs is 2. The Balaban J connectivity index is 1.15. The van der Waals surface area contributed by atoms with Crippen molar-refractivity contribution < 1.29 is 41.7 Å². The smallest absolute Gasteiger partial charge is 0.341 e. The van der Waals surface area contributed by atoms with Crippen molar-refractivity contribution in [3.8, 4) is 11.5 Å². The number of carbonyl (C=O) groups is 3. The van der Waals surface area contributed by atoms with Crippen LogP contribution in [0.5, 0.6) is 11.5 Å². The predicted molar refractivity (Wildman–Crippen MR) is 170 cm³/mol. The number of rotatable bonds is 10. The molecule has 0 fully saturated rings. The Morgan fingerprint density at radius 2 is 1.76 bits per heavy atom. The van der Waals surface area contributed by atoms with Crippen molar-refractivity contribution in [2.75, 3.05) is 36.2 Å². The Labute approximate surface area is 269 Å². The molecule has 0 aliphatic carbocycles. The van der Waals surface area contributed by atoms with Crippen molar-refractivity contribution in [2.24, 2.45) is 0 Å². The predicted octanol–water partition coefficient (Wildman–Crippen LogP) is 5.10. The van der Waals surface area contributed by atoms with Crippen LogP contribution in [0, 0.1) is 6.92 Å². The number of hydrogen-bond acceptors (Lipinski definition) is 10. The van der Waals surface area contributed by atoms with E-state index < -0.39 is 34.5 Å². The Morgan fingerprint density at radius 3 is 2.59 bits per heavy atom. The molecule has 46 heavy (non-hydrogen) atoms. The summed E-state index contributed by atoms with van der Waals surface area (Å²) in [6.07, 6.45) is 0.966. The molecule has 0 atom stereocenters. The first-order valence-corrected chi connectivity index (χ1v) is 16.8. The van der Waals surface area contributed by atoms with Crippen LogP contribution >= 0.6 is 11.3 Å². The van der Waals surface area contributed by atoms with Crippen molar-refractivity contribution >= 4 is 49.9 Å². The maximum atomic E-state index is 13.4. The Bertz CT molecular complexity index is 1950. The number of esters is 2. The number of benzene rings is 3. The molecule has 0 radical (unpaired) electrons. The molecule has 1 N–H and O–H groups in total. The average Bonchev–Trinajstić information content (AvgIpc) is 3.77. The van der Waals surface area contributed by atoms with E-state index in [9.17, 15) is 22.8 Å². The summed E-state index contributed by atoms with van der Waals surface area (Å²) >= 11 is 1.21. The zero-order valence-electron chi connectivity index (χ0n) is 25.0. The van der Waals surface area contributed by atoms with Crippen LogP contribution in [0.1, 0.15) is 49.2 Å². The van der Waals surface area contributed by atoms with Gasteiger partial charge in [-0.3, -0.25) is 9.10 Å². The molecule has 2 aliphatic rings. The van der Waals surface area contributed by atoms with Crippen LogP contribution in [0.4, 0.5) is 10.7 Å². The van der Waals surface area contributed by atoms with Gasteiger partial charge in [0.1, 0.15) is 5.00 Å². The summed E-state index contributed by atoms with van der Waals surface area (Å²) in [7, 11) is -3.93. The number of sulfonamides is 1. The van der Waals surface area contributed by atoms with Gasteiger partial charge in [-0.2, -0.15) is 0 Å². The number of hydrogen-bond donors (Lipinski definition) is 1. The molecule has 238 valence electrons. The normalized spacial score (nSPS) is 13.3. The van der Waals surface area contributed by atoms with Crippen molar-refractivity contribution in [3.63, 3.8) is 0 Å². The number of amides is 1. The number of aryl methyl sites for hydroxylation is 1. The molecule has 13 heteroatoms. The van der Waals surface area contributed by atoms with Crippen LogP contribution in [0.25, 0.3) is 0 Å². The van der Waals surface area contributed by atoms with Gasteiger partial charge in [0.05, 0.1) is 28.3 Å². The van der Waals surface area contributed by atoms with Gasteiger partial charge in [0.25, 0.3) is 15.9 Å². The fraction of sp³-hybridized carbons (Fsp3) is 0.242. The lowest BCUT2D eigenvalue weighted by molar-refractivity contribution is -0.119. The zero-order chi connectivity index (χ0) is 32.4. The summed E-state index contributed by atoms with van der Waals surface area (Å²) < 4.78 is 49.6. The summed E-state index contributed by atoms with van der Waals surface area (Å²) in [6, 6.07) is 18.3. The second-order valence-corrected chi connectivity index (χ2v) is 13.6. The number of nitrogens with one attached hydrogen (secondary N) is 1. The van der Waals surface area contributed by atoms with E-state index in [4.69, 9.17) is 18.9 Å². The number of ether oxygens (including phenoxy) is 4. The zero-order valence-corrected chi connectivity index (χ0v) is 26.7. The number of carbonyl (C=O) groups excluding carboxylic acids is 3. The Morgan fingerprint density at radius 1 is 0.957 bits per heavy atom. The Kier molecular flexibility index (Phi) is 8.69. The highest BCUT2D eigenvalue weighted by Gasteiger charge is 2.31. The molecule has 6 rings (SSSR count). The van der Waals surface area contributed by atoms with E-state index in [1.54, 1.807) is 25.1 Å². The highest BCUT2D eigenvalue weighted by atomic mass is 32.2. The summed E-state index contributed by atoms with van der Waals surface area (Å²) in [6.45, 7) is 3.45. The van der Waals surface area contributed by atoms with E-state index in [-0.39, 0.29) is 34.4 Å². The molecule has 3 aromatic carbocycles. The molecule has 1 amide bonds. The van der Waals surface area contributed by atoms with E-state index in [0.29, 0.717) is 42.1 Å². The van der Waals surface area contributed by atoms with Crippen molar-refractivity contribution in [2.45, 2.75) is 31.6 Å². The second-order valence-electron chi connectivity index (χ2n) is 10.5. The van der Waals surface area contributed by atoms with Gasteiger partial charge in [0, 0.05) is 11.4 Å². The van der Waals surface area contributed by atoms with E-state index >= 15 is 0 Å². The minimum atomic E-state index is -3.93. The summed E-state index contributed by atoms with van der Waals surface area (Å²) in [5.41, 5.74) is 3.31. The van der Waals surface area contributed by atoms with E-state index in [0.717, 1.165) is 16.0 Å². The molecule has 0 unspecified atom stereocenters. The van der Waals surface area contributed by atoms with Gasteiger partial charge in [0.2, 0.25) is 6.79 Å². The van der Waals surface area contributed by atoms with Crippen molar-refractivity contribution in [3.05, 3.63) is 99.4 Å². The summed E-state index contributed by atoms with van der Waals surface area (Å²) in [5, 5.41) is 2.95. The van der Waals surface area contributed by atoms with Crippen molar-refractivity contribution in [1.82, 2.24) is 0 Å². The van der Waals surface area contributed by atoms with Gasteiger partial charge in [0.15, 0.2) is 18.1 Å². The molecule has 0 bridgehead atoms. The monoisotopic (exact) mass is 662 g/mol. The molecule has 1 aromatic heterocycles. The van der Waals surface area contributed by atoms with E-state index in [1.165, 1.54) is 39.9 Å². The van der Waals surface area contributed by atoms with Crippen LogP contribution in [0.2, 0.25) is 0 Å². The Hall–Kier alpha value is -4.88. The molecule has 0 saturated heterocycles. The van der Waals surface area contributed by atoms with E-state index in [2.05, 4.69) is 5.32 Å². The summed E-state index contributed by atoms with van der Waals surface area (Å²) in [4.78, 5) is 39.6. The lowest BCUT2D eigenvalue weighted by atomic mass is 10.0. The number of para-hydroxylation sites is 1. The number of nitrogens with zero attached hydrogens (tertiary/aromatic N) is 1. The van der Waals surface area contributed by atoms with Gasteiger partial charge < -0.3 is 24.3 Å². The molecule has 2 aliphatic heterocycles. The molecular formula is C33H30N2O9S2. The molecule has 3 heterocycles. The van der Waals surface area contributed by atoms with Crippen LogP contribution in [-0.4, -0.2) is 52.8 Å².